The lowest BCUT2D eigenvalue weighted by Crippen LogP contribution is -2.08. The van der Waals surface area contributed by atoms with Crippen LogP contribution in [0.5, 0.6) is 0 Å². The predicted octanol–water partition coefficient (Wildman–Crippen LogP) is 0.619. The summed E-state index contributed by atoms with van der Waals surface area (Å²) in [6.45, 7) is 0.866. The maximum absolute atomic E-state index is 6.69. The van der Waals surface area contributed by atoms with Crippen LogP contribution in [0.4, 0.5) is 0 Å². The van der Waals surface area contributed by atoms with E-state index < -0.39 is 0 Å². The summed E-state index contributed by atoms with van der Waals surface area (Å²) >= 11 is 0. The van der Waals surface area contributed by atoms with Gasteiger partial charge in [-0.05, 0) is 12.5 Å². The Morgan fingerprint density at radius 1 is 1.75 bits per heavy atom. The molecule has 1 aliphatic heterocycles. The van der Waals surface area contributed by atoms with Gasteiger partial charge in [0.15, 0.2) is 0 Å². The molecule has 1 rings (SSSR count). The summed E-state index contributed by atoms with van der Waals surface area (Å²) < 4.78 is 0. The van der Waals surface area contributed by atoms with Gasteiger partial charge >= 0.3 is 0 Å². The number of allylic oxidation sites excluding steroid dienone is 2. The van der Waals surface area contributed by atoms with Gasteiger partial charge in [-0.3, -0.25) is 0 Å². The highest BCUT2D eigenvalue weighted by molar-refractivity contribution is 5.35. The molecule has 39 valence electrons. The molecule has 0 aromatic carbocycles. The largest absolute Gasteiger partial charge is 0.386 e. The normalized spacial score (nSPS) is 16.1. The van der Waals surface area contributed by atoms with Crippen LogP contribution < -0.4 is 5.32 Å². The van der Waals surface area contributed by atoms with Gasteiger partial charge in [0.25, 0.3) is 0 Å². The van der Waals surface area contributed by atoms with Crippen LogP contribution in [0.2, 0.25) is 0 Å². The van der Waals surface area contributed by atoms with Gasteiger partial charge < -0.3 is 5.32 Å². The summed E-state index contributed by atoms with van der Waals surface area (Å²) in [5, 5.41) is 2.95. The molecule has 1 radical (unpaired) electrons. The molecule has 1 aliphatic rings. The molecule has 1 nitrogen and oxygen atoms in total. The van der Waals surface area contributed by atoms with Crippen LogP contribution in [-0.2, 0) is 0 Å². The molecule has 0 spiro atoms. The van der Waals surface area contributed by atoms with E-state index in [1.165, 1.54) is 0 Å². The lowest BCUT2D eigenvalue weighted by Gasteiger charge is -2.00. The summed E-state index contributed by atoms with van der Waals surface area (Å²) in [5.41, 5.74) is 0.802. The second kappa shape index (κ2) is 2.23. The van der Waals surface area contributed by atoms with E-state index >= 15 is 0 Å². The zero-order valence-corrected chi connectivity index (χ0v) is 4.44. The van der Waals surface area contributed by atoms with Gasteiger partial charge in [-0.15, -0.1) is 0 Å². The number of dihydropyridines is 1. The van der Waals surface area contributed by atoms with Gasteiger partial charge in [-0.2, -0.15) is 0 Å². The van der Waals surface area contributed by atoms with Gasteiger partial charge in [-0.1, -0.05) is 12.0 Å². The van der Waals surface area contributed by atoms with Crippen molar-refractivity contribution < 1.29 is 0 Å². The zero-order chi connectivity index (χ0) is 5.82. The summed E-state index contributed by atoms with van der Waals surface area (Å²) in [4.78, 5) is 0. The molecule has 0 amide bonds. The number of hydrogen-bond acceptors (Lipinski definition) is 1. The first-order chi connectivity index (χ1) is 3.93. The first kappa shape index (κ1) is 4.99. The lowest BCUT2D eigenvalue weighted by molar-refractivity contribution is 0.964. The second-order valence-electron chi connectivity index (χ2n) is 1.54. The molecule has 0 aromatic heterocycles. The summed E-state index contributed by atoms with van der Waals surface area (Å²) in [5.74, 6) is 2.27. The van der Waals surface area contributed by atoms with Crippen LogP contribution in [0.25, 0.3) is 0 Å². The van der Waals surface area contributed by atoms with Crippen molar-refractivity contribution in [1.82, 2.24) is 5.32 Å². The number of nitrogens with one attached hydrogen (secondary N) is 1. The topological polar surface area (TPSA) is 12.0 Å². The molecular weight excluding hydrogens is 98.1 g/mol. The number of hydrogen-bond donors (Lipinski definition) is 1. The smallest absolute Gasteiger partial charge is 0.0409 e. The molecule has 0 saturated heterocycles. The molecule has 1 N–H and O–H groups in total. The first-order valence-electron chi connectivity index (χ1n) is 2.46. The molecule has 0 bridgehead atoms. The van der Waals surface area contributed by atoms with Crippen LogP contribution in [0, 0.1) is 12.3 Å². The van der Waals surface area contributed by atoms with Crippen molar-refractivity contribution >= 4 is 0 Å². The quantitative estimate of drug-likeness (QED) is 0.444. The Kier molecular flexibility index (Phi) is 1.39. The third-order valence-electron chi connectivity index (χ3n) is 0.935. The van der Waals surface area contributed by atoms with Crippen molar-refractivity contribution in [1.29, 1.82) is 0 Å². The van der Waals surface area contributed by atoms with Gasteiger partial charge in [0.2, 0.25) is 0 Å². The third kappa shape index (κ3) is 0.913. The molecule has 8 heavy (non-hydrogen) atoms. The van der Waals surface area contributed by atoms with Crippen molar-refractivity contribution in [3.8, 4) is 5.92 Å². The maximum Gasteiger partial charge on any atom is 0.0409 e. The van der Waals surface area contributed by atoms with Crippen molar-refractivity contribution in [2.45, 2.75) is 0 Å². The van der Waals surface area contributed by atoms with Gasteiger partial charge in [0.1, 0.15) is 0 Å². The minimum atomic E-state index is 0.802. The van der Waals surface area contributed by atoms with Crippen molar-refractivity contribution in [3.05, 3.63) is 30.3 Å². The average Bonchev–Trinajstić information content (AvgIpc) is 1.90. The highest BCUT2D eigenvalue weighted by Crippen LogP contribution is 1.95. The fraction of sp³-hybridized carbons (Fsp3) is 0.143. The third-order valence-corrected chi connectivity index (χ3v) is 0.935. The monoisotopic (exact) mass is 104 g/mol. The summed E-state index contributed by atoms with van der Waals surface area (Å²) in [6.07, 6.45) is 12.3. The Balaban J connectivity index is 2.68. The van der Waals surface area contributed by atoms with Gasteiger partial charge in [0, 0.05) is 18.3 Å². The molecular formula is C7H6N. The van der Waals surface area contributed by atoms with E-state index in [9.17, 15) is 0 Å². The fourth-order valence-corrected chi connectivity index (χ4v) is 0.549. The molecule has 1 heteroatoms. The lowest BCUT2D eigenvalue weighted by atomic mass is 10.2. The molecule has 1 heterocycles. The van der Waals surface area contributed by atoms with Crippen molar-refractivity contribution in [3.63, 3.8) is 0 Å². The van der Waals surface area contributed by atoms with Crippen LogP contribution in [0.1, 0.15) is 0 Å². The van der Waals surface area contributed by atoms with E-state index in [1.54, 1.807) is 6.20 Å². The molecule has 0 atom stereocenters. The Morgan fingerprint density at radius 3 is 3.00 bits per heavy atom. The molecule has 0 aliphatic carbocycles. The highest BCUT2D eigenvalue weighted by Gasteiger charge is 1.87. The van der Waals surface area contributed by atoms with E-state index in [0.717, 1.165) is 12.1 Å². The average molecular weight is 104 g/mol. The first-order valence-corrected chi connectivity index (χ1v) is 2.46. The van der Waals surface area contributed by atoms with E-state index in [0.29, 0.717) is 0 Å². The fourth-order valence-electron chi connectivity index (χ4n) is 0.549. The molecule has 0 fully saturated rings. The minimum absolute atomic E-state index is 0.802. The van der Waals surface area contributed by atoms with Crippen LogP contribution in [-0.4, -0.2) is 6.54 Å². The Labute approximate surface area is 49.1 Å². The van der Waals surface area contributed by atoms with Crippen LogP contribution in [0.15, 0.2) is 23.9 Å². The SMILES string of the molecule is [C]#CC1=CNCC=C1. The summed E-state index contributed by atoms with van der Waals surface area (Å²) in [7, 11) is 0. The van der Waals surface area contributed by atoms with E-state index in [-0.39, 0.29) is 0 Å². The predicted molar refractivity (Wildman–Crippen MR) is 32.4 cm³/mol. The van der Waals surface area contributed by atoms with Crippen LogP contribution >= 0.6 is 0 Å². The number of rotatable bonds is 0. The van der Waals surface area contributed by atoms with E-state index in [2.05, 4.69) is 11.2 Å². The highest BCUT2D eigenvalue weighted by atomic mass is 14.8. The van der Waals surface area contributed by atoms with E-state index in [4.69, 9.17) is 6.42 Å². The van der Waals surface area contributed by atoms with Crippen LogP contribution in [0.3, 0.4) is 0 Å². The second-order valence-corrected chi connectivity index (χ2v) is 1.54. The Morgan fingerprint density at radius 2 is 2.62 bits per heavy atom. The van der Waals surface area contributed by atoms with Gasteiger partial charge in [-0.25, -0.2) is 0 Å². The maximum atomic E-state index is 6.69. The van der Waals surface area contributed by atoms with E-state index in [1.807, 2.05) is 12.2 Å². The molecule has 0 unspecified atom stereocenters. The minimum Gasteiger partial charge on any atom is -0.386 e. The van der Waals surface area contributed by atoms with Crippen molar-refractivity contribution in [2.24, 2.45) is 0 Å². The van der Waals surface area contributed by atoms with Gasteiger partial charge in [0.05, 0.1) is 0 Å². The Hall–Kier alpha value is -1.16. The molecule has 0 aromatic rings. The Bertz CT molecular complexity index is 169. The zero-order valence-electron chi connectivity index (χ0n) is 4.44. The summed E-state index contributed by atoms with van der Waals surface area (Å²) in [6, 6.07) is 0. The van der Waals surface area contributed by atoms with Crippen molar-refractivity contribution in [2.75, 3.05) is 6.54 Å². The standard InChI is InChI=1S/C7H6N/c1-2-7-4-3-5-8-6-7/h3-4,6,8H,5H2. The molecule has 0 saturated carbocycles.